The van der Waals surface area contributed by atoms with Crippen molar-refractivity contribution in [2.75, 3.05) is 25.6 Å². The van der Waals surface area contributed by atoms with Gasteiger partial charge in [0.15, 0.2) is 0 Å². The van der Waals surface area contributed by atoms with E-state index in [4.69, 9.17) is 9.47 Å². The molecule has 8 nitrogen and oxygen atoms in total. The zero-order chi connectivity index (χ0) is 24.9. The molecular weight excluding hydrogens is 442 g/mol. The van der Waals surface area contributed by atoms with Crippen LogP contribution in [0.2, 0.25) is 0 Å². The van der Waals surface area contributed by atoms with Gasteiger partial charge >= 0.3 is 0 Å². The SMILES string of the molecule is COCCOc1cc(-n2ncc3ccc(NC(=O)c4cccc(C#N)c4C(C)C)cc32)cc(C)n1. The lowest BCUT2D eigenvalue weighted by Crippen LogP contribution is -2.16. The topological polar surface area (TPSA) is 102 Å². The Morgan fingerprint density at radius 3 is 2.74 bits per heavy atom. The van der Waals surface area contributed by atoms with Crippen LogP contribution in [0.4, 0.5) is 5.69 Å². The third-order valence-electron chi connectivity index (χ3n) is 5.57. The van der Waals surface area contributed by atoms with Gasteiger partial charge in [-0.25, -0.2) is 9.67 Å². The Kier molecular flexibility index (Phi) is 7.09. The molecule has 0 radical (unpaired) electrons. The van der Waals surface area contributed by atoms with Crippen molar-refractivity contribution in [3.8, 4) is 17.6 Å². The van der Waals surface area contributed by atoms with Crippen LogP contribution in [0.1, 0.15) is 46.9 Å². The summed E-state index contributed by atoms with van der Waals surface area (Å²) in [5, 5.41) is 17.9. The number of amides is 1. The van der Waals surface area contributed by atoms with Crippen LogP contribution in [0.5, 0.6) is 5.88 Å². The Labute approximate surface area is 204 Å². The number of rotatable bonds is 8. The Morgan fingerprint density at radius 1 is 1.17 bits per heavy atom. The first-order valence-electron chi connectivity index (χ1n) is 11.3. The van der Waals surface area contributed by atoms with Crippen LogP contribution in [0, 0.1) is 18.3 Å². The second-order valence-electron chi connectivity index (χ2n) is 8.46. The molecule has 2 aromatic heterocycles. The molecule has 0 saturated carbocycles. The van der Waals surface area contributed by atoms with Crippen molar-refractivity contribution in [1.29, 1.82) is 5.26 Å². The fourth-order valence-corrected chi connectivity index (χ4v) is 4.03. The van der Waals surface area contributed by atoms with E-state index in [1.807, 2.05) is 51.1 Å². The van der Waals surface area contributed by atoms with Gasteiger partial charge in [-0.1, -0.05) is 19.9 Å². The van der Waals surface area contributed by atoms with E-state index in [0.29, 0.717) is 35.9 Å². The summed E-state index contributed by atoms with van der Waals surface area (Å²) >= 11 is 0. The predicted octanol–water partition coefficient (Wildman–Crippen LogP) is 5.00. The third kappa shape index (κ3) is 5.15. The fraction of sp³-hybridized carbons (Fsp3) is 0.259. The van der Waals surface area contributed by atoms with E-state index >= 15 is 0 Å². The van der Waals surface area contributed by atoms with Crippen molar-refractivity contribution in [1.82, 2.24) is 14.8 Å². The fourth-order valence-electron chi connectivity index (χ4n) is 4.03. The van der Waals surface area contributed by atoms with Gasteiger partial charge in [0.25, 0.3) is 5.91 Å². The molecule has 0 unspecified atom stereocenters. The van der Waals surface area contributed by atoms with Crippen LogP contribution in [-0.4, -0.2) is 41.0 Å². The van der Waals surface area contributed by atoms with Crippen LogP contribution < -0.4 is 10.1 Å². The van der Waals surface area contributed by atoms with Crippen molar-refractivity contribution in [3.05, 3.63) is 77.1 Å². The highest BCUT2D eigenvalue weighted by Gasteiger charge is 2.18. The van der Waals surface area contributed by atoms with Gasteiger partial charge in [-0.2, -0.15) is 10.4 Å². The number of ether oxygens (including phenoxy) is 2. The predicted molar refractivity (Wildman–Crippen MR) is 134 cm³/mol. The number of methoxy groups -OCH3 is 1. The van der Waals surface area contributed by atoms with Gasteiger partial charge in [0.2, 0.25) is 5.88 Å². The molecule has 4 rings (SSSR count). The maximum Gasteiger partial charge on any atom is 0.255 e. The Morgan fingerprint density at radius 2 is 2.00 bits per heavy atom. The molecule has 2 aromatic carbocycles. The summed E-state index contributed by atoms with van der Waals surface area (Å²) < 4.78 is 12.5. The average Bonchev–Trinajstić information content (AvgIpc) is 3.26. The van der Waals surface area contributed by atoms with E-state index in [9.17, 15) is 10.1 Å². The van der Waals surface area contributed by atoms with Crippen molar-refractivity contribution in [2.45, 2.75) is 26.7 Å². The molecule has 1 amide bonds. The number of aromatic nitrogens is 3. The monoisotopic (exact) mass is 469 g/mol. The minimum Gasteiger partial charge on any atom is -0.475 e. The van der Waals surface area contributed by atoms with E-state index in [0.717, 1.165) is 27.8 Å². The molecule has 2 heterocycles. The second kappa shape index (κ2) is 10.4. The first kappa shape index (κ1) is 23.9. The second-order valence-corrected chi connectivity index (χ2v) is 8.46. The number of carbonyl (C=O) groups is 1. The highest BCUT2D eigenvalue weighted by molar-refractivity contribution is 6.06. The summed E-state index contributed by atoms with van der Waals surface area (Å²) in [5.74, 6) is 0.263. The molecule has 0 saturated heterocycles. The Balaban J connectivity index is 1.67. The first-order chi connectivity index (χ1) is 16.9. The van der Waals surface area contributed by atoms with Gasteiger partial charge in [0.1, 0.15) is 6.61 Å². The minimum atomic E-state index is -0.259. The highest BCUT2D eigenvalue weighted by Crippen LogP contribution is 2.27. The van der Waals surface area contributed by atoms with E-state index in [-0.39, 0.29) is 11.8 Å². The normalized spacial score (nSPS) is 11.0. The zero-order valence-electron chi connectivity index (χ0n) is 20.2. The van der Waals surface area contributed by atoms with Gasteiger partial charge < -0.3 is 14.8 Å². The van der Waals surface area contributed by atoms with Crippen molar-refractivity contribution < 1.29 is 14.3 Å². The lowest BCUT2D eigenvalue weighted by molar-refractivity contribution is 0.102. The van der Waals surface area contributed by atoms with Gasteiger partial charge in [0.05, 0.1) is 35.6 Å². The highest BCUT2D eigenvalue weighted by atomic mass is 16.5. The summed E-state index contributed by atoms with van der Waals surface area (Å²) in [6.07, 6.45) is 1.77. The molecular formula is C27H27N5O3. The number of fused-ring (bicyclic) bond motifs is 1. The Hall–Kier alpha value is -4.22. The van der Waals surface area contributed by atoms with Crippen LogP contribution in [0.25, 0.3) is 16.6 Å². The standard InChI is InChI=1S/C27H27N5O3/c1-17(2)26-19(15-28)6-5-7-23(26)27(33)31-21-9-8-20-16-29-32(24(20)13-21)22-12-18(3)30-25(14-22)35-11-10-34-4/h5-9,12-14,16-17H,10-11H2,1-4H3,(H,31,33). The number of carbonyl (C=O) groups excluding carboxylic acids is 1. The molecule has 0 aliphatic rings. The lowest BCUT2D eigenvalue weighted by atomic mass is 9.92. The number of hydrogen-bond donors (Lipinski definition) is 1. The molecule has 8 heteroatoms. The average molecular weight is 470 g/mol. The smallest absolute Gasteiger partial charge is 0.255 e. The quantitative estimate of drug-likeness (QED) is 0.364. The first-order valence-corrected chi connectivity index (χ1v) is 11.3. The summed E-state index contributed by atoms with van der Waals surface area (Å²) in [6.45, 7) is 6.71. The summed E-state index contributed by atoms with van der Waals surface area (Å²) in [6, 6.07) is 16.8. The van der Waals surface area contributed by atoms with E-state index in [2.05, 4.69) is 21.5 Å². The van der Waals surface area contributed by atoms with Gasteiger partial charge in [-0.3, -0.25) is 4.79 Å². The molecule has 0 aliphatic heterocycles. The summed E-state index contributed by atoms with van der Waals surface area (Å²) in [4.78, 5) is 17.6. The van der Waals surface area contributed by atoms with Crippen molar-refractivity contribution >= 4 is 22.5 Å². The number of benzene rings is 2. The summed E-state index contributed by atoms with van der Waals surface area (Å²) in [5.41, 5.74) is 4.79. The van der Waals surface area contributed by atoms with E-state index in [1.54, 1.807) is 36.2 Å². The summed E-state index contributed by atoms with van der Waals surface area (Å²) in [7, 11) is 1.62. The molecule has 0 atom stereocenters. The molecule has 0 fully saturated rings. The lowest BCUT2D eigenvalue weighted by Gasteiger charge is -2.15. The van der Waals surface area contributed by atoms with Crippen molar-refractivity contribution in [3.63, 3.8) is 0 Å². The molecule has 0 aliphatic carbocycles. The van der Waals surface area contributed by atoms with Crippen LogP contribution in [0.15, 0.2) is 54.7 Å². The molecule has 1 N–H and O–H groups in total. The van der Waals surface area contributed by atoms with Gasteiger partial charge in [-0.15, -0.1) is 0 Å². The number of anilines is 1. The minimum absolute atomic E-state index is 0.0331. The number of nitrogens with one attached hydrogen (secondary N) is 1. The maximum atomic E-state index is 13.2. The van der Waals surface area contributed by atoms with Gasteiger partial charge in [-0.05, 0) is 54.8 Å². The number of nitrogens with zero attached hydrogens (tertiary/aromatic N) is 4. The largest absolute Gasteiger partial charge is 0.475 e. The molecule has 35 heavy (non-hydrogen) atoms. The maximum absolute atomic E-state index is 13.2. The molecule has 0 bridgehead atoms. The van der Waals surface area contributed by atoms with Gasteiger partial charge in [0, 0.05) is 35.5 Å². The zero-order valence-corrected chi connectivity index (χ0v) is 20.2. The number of pyridine rings is 1. The van der Waals surface area contributed by atoms with Crippen LogP contribution in [-0.2, 0) is 4.74 Å². The Bertz CT molecular complexity index is 1420. The third-order valence-corrected chi connectivity index (χ3v) is 5.57. The van der Waals surface area contributed by atoms with Crippen molar-refractivity contribution in [2.24, 2.45) is 0 Å². The molecule has 178 valence electrons. The molecule has 0 spiro atoms. The van der Waals surface area contributed by atoms with E-state index in [1.165, 1.54) is 0 Å². The van der Waals surface area contributed by atoms with Crippen LogP contribution in [0.3, 0.4) is 0 Å². The number of hydrogen-bond acceptors (Lipinski definition) is 6. The van der Waals surface area contributed by atoms with Crippen LogP contribution >= 0.6 is 0 Å². The molecule has 4 aromatic rings. The number of nitriles is 1. The van der Waals surface area contributed by atoms with E-state index < -0.39 is 0 Å². The number of aryl methyl sites for hydroxylation is 1.